The summed E-state index contributed by atoms with van der Waals surface area (Å²) in [5.41, 5.74) is 0. The van der Waals surface area contributed by atoms with Gasteiger partial charge in [-0.25, -0.2) is 4.98 Å². The van der Waals surface area contributed by atoms with Crippen molar-refractivity contribution in [2.75, 3.05) is 25.0 Å². The smallest absolute Gasteiger partial charge is 0.237 e. The quantitative estimate of drug-likeness (QED) is 0.811. The van der Waals surface area contributed by atoms with Gasteiger partial charge in [-0.15, -0.1) is 11.3 Å². The van der Waals surface area contributed by atoms with Crippen LogP contribution in [0.25, 0.3) is 0 Å². The van der Waals surface area contributed by atoms with Crippen molar-refractivity contribution in [1.29, 1.82) is 0 Å². The fourth-order valence-corrected chi connectivity index (χ4v) is 3.64. The van der Waals surface area contributed by atoms with Gasteiger partial charge < -0.3 is 10.6 Å². The summed E-state index contributed by atoms with van der Waals surface area (Å²) in [5, 5.41) is 8.45. The van der Waals surface area contributed by atoms with Gasteiger partial charge in [0, 0.05) is 24.2 Å². The Balaban J connectivity index is 1.41. The lowest BCUT2D eigenvalue weighted by Gasteiger charge is -2.23. The number of rotatable bonds is 7. The van der Waals surface area contributed by atoms with E-state index in [0.717, 1.165) is 31.9 Å². The average molecular weight is 344 g/mol. The Morgan fingerprint density at radius 3 is 3.08 bits per heavy atom. The van der Waals surface area contributed by atoms with Crippen LogP contribution in [0.4, 0.5) is 5.82 Å². The first kappa shape index (κ1) is 16.9. The SMILES string of the molecule is C[C@H](C(=O)NCc1cccs1)N1CC[C@H](CNc2ccccn2)C1. The maximum Gasteiger partial charge on any atom is 0.237 e. The number of aromatic nitrogens is 1. The molecule has 0 bridgehead atoms. The Bertz CT molecular complexity index is 632. The van der Waals surface area contributed by atoms with E-state index < -0.39 is 0 Å². The molecule has 0 spiro atoms. The highest BCUT2D eigenvalue weighted by Crippen LogP contribution is 2.19. The van der Waals surface area contributed by atoms with Crippen LogP contribution in [0, 0.1) is 5.92 Å². The molecule has 0 saturated carbocycles. The Morgan fingerprint density at radius 1 is 1.42 bits per heavy atom. The first-order valence-corrected chi connectivity index (χ1v) is 9.29. The number of thiophene rings is 1. The molecule has 3 heterocycles. The van der Waals surface area contributed by atoms with Crippen LogP contribution < -0.4 is 10.6 Å². The summed E-state index contributed by atoms with van der Waals surface area (Å²) in [6.07, 6.45) is 2.91. The highest BCUT2D eigenvalue weighted by Gasteiger charge is 2.29. The second-order valence-electron chi connectivity index (χ2n) is 6.22. The van der Waals surface area contributed by atoms with Gasteiger partial charge in [-0.2, -0.15) is 0 Å². The molecule has 1 fully saturated rings. The Labute approximate surface area is 147 Å². The minimum Gasteiger partial charge on any atom is -0.370 e. The summed E-state index contributed by atoms with van der Waals surface area (Å²) in [6.45, 7) is 5.45. The minimum atomic E-state index is -0.0789. The van der Waals surface area contributed by atoms with Crippen LogP contribution >= 0.6 is 11.3 Å². The van der Waals surface area contributed by atoms with Crippen molar-refractivity contribution in [2.24, 2.45) is 5.92 Å². The van der Waals surface area contributed by atoms with Crippen molar-refractivity contribution in [1.82, 2.24) is 15.2 Å². The van der Waals surface area contributed by atoms with Gasteiger partial charge >= 0.3 is 0 Å². The number of carbonyl (C=O) groups is 1. The second kappa shape index (κ2) is 8.26. The summed E-state index contributed by atoms with van der Waals surface area (Å²) < 4.78 is 0. The third-order valence-electron chi connectivity index (χ3n) is 4.50. The molecular formula is C18H24N4OS. The van der Waals surface area contributed by atoms with E-state index in [1.165, 1.54) is 4.88 Å². The molecule has 1 aliphatic rings. The van der Waals surface area contributed by atoms with Crippen LogP contribution in [0.1, 0.15) is 18.2 Å². The van der Waals surface area contributed by atoms with E-state index in [0.29, 0.717) is 12.5 Å². The monoisotopic (exact) mass is 344 g/mol. The van der Waals surface area contributed by atoms with Crippen molar-refractivity contribution >= 4 is 23.1 Å². The molecular weight excluding hydrogens is 320 g/mol. The molecule has 5 nitrogen and oxygen atoms in total. The first-order valence-electron chi connectivity index (χ1n) is 8.41. The Morgan fingerprint density at radius 2 is 2.33 bits per heavy atom. The maximum absolute atomic E-state index is 12.3. The van der Waals surface area contributed by atoms with Crippen LogP contribution in [0.15, 0.2) is 41.9 Å². The third-order valence-corrected chi connectivity index (χ3v) is 5.37. The predicted molar refractivity (Wildman–Crippen MR) is 98.0 cm³/mol. The molecule has 3 rings (SSSR count). The van der Waals surface area contributed by atoms with Crippen molar-refractivity contribution in [3.8, 4) is 0 Å². The van der Waals surface area contributed by atoms with Crippen LogP contribution in [0.3, 0.4) is 0 Å². The van der Waals surface area contributed by atoms with Crippen LogP contribution in [-0.4, -0.2) is 41.5 Å². The van der Waals surface area contributed by atoms with Gasteiger partial charge in [-0.1, -0.05) is 12.1 Å². The molecule has 2 aromatic rings. The fourth-order valence-electron chi connectivity index (χ4n) is 3.00. The van der Waals surface area contributed by atoms with Gasteiger partial charge in [0.05, 0.1) is 12.6 Å². The van der Waals surface area contributed by atoms with Gasteiger partial charge in [-0.3, -0.25) is 9.69 Å². The number of anilines is 1. The Hall–Kier alpha value is -1.92. The average Bonchev–Trinajstić information content (AvgIpc) is 3.30. The van der Waals surface area contributed by atoms with E-state index in [2.05, 4.69) is 20.5 Å². The molecule has 0 radical (unpaired) electrons. The number of nitrogens with one attached hydrogen (secondary N) is 2. The summed E-state index contributed by atoms with van der Waals surface area (Å²) in [4.78, 5) is 20.1. The number of nitrogens with zero attached hydrogens (tertiary/aromatic N) is 2. The van der Waals surface area contributed by atoms with Crippen molar-refractivity contribution in [3.63, 3.8) is 0 Å². The Kier molecular flexibility index (Phi) is 5.82. The van der Waals surface area contributed by atoms with E-state index in [-0.39, 0.29) is 11.9 Å². The summed E-state index contributed by atoms with van der Waals surface area (Å²) in [7, 11) is 0. The number of pyridine rings is 1. The summed E-state index contributed by atoms with van der Waals surface area (Å²) in [5.74, 6) is 1.58. The lowest BCUT2D eigenvalue weighted by atomic mass is 10.1. The van der Waals surface area contributed by atoms with E-state index in [1.54, 1.807) is 17.5 Å². The number of carbonyl (C=O) groups excluding carboxylic acids is 1. The molecule has 0 aromatic carbocycles. The van der Waals surface area contributed by atoms with Crippen molar-refractivity contribution < 1.29 is 4.79 Å². The topological polar surface area (TPSA) is 57.3 Å². The van der Waals surface area contributed by atoms with E-state index in [4.69, 9.17) is 0 Å². The van der Waals surface area contributed by atoms with Gasteiger partial charge in [0.15, 0.2) is 0 Å². The first-order chi connectivity index (χ1) is 11.7. The molecule has 0 aliphatic carbocycles. The number of likely N-dealkylation sites (tertiary alicyclic amines) is 1. The number of hydrogen-bond acceptors (Lipinski definition) is 5. The second-order valence-corrected chi connectivity index (χ2v) is 7.25. The zero-order valence-corrected chi connectivity index (χ0v) is 14.8. The van der Waals surface area contributed by atoms with Crippen LogP contribution in [0.2, 0.25) is 0 Å². The van der Waals surface area contributed by atoms with Gasteiger partial charge in [-0.05, 0) is 49.4 Å². The fraction of sp³-hybridized carbons (Fsp3) is 0.444. The molecule has 2 N–H and O–H groups in total. The third kappa shape index (κ3) is 4.55. The van der Waals surface area contributed by atoms with Crippen LogP contribution in [0.5, 0.6) is 0 Å². The molecule has 0 unspecified atom stereocenters. The highest BCUT2D eigenvalue weighted by molar-refractivity contribution is 7.09. The van der Waals surface area contributed by atoms with Gasteiger partial charge in [0.2, 0.25) is 5.91 Å². The molecule has 6 heteroatoms. The lowest BCUT2D eigenvalue weighted by molar-refractivity contribution is -0.125. The molecule has 24 heavy (non-hydrogen) atoms. The van der Waals surface area contributed by atoms with Gasteiger partial charge in [0.1, 0.15) is 5.82 Å². The molecule has 2 atom stereocenters. The number of amides is 1. The molecule has 128 valence electrons. The van der Waals surface area contributed by atoms with Crippen molar-refractivity contribution in [3.05, 3.63) is 46.8 Å². The standard InChI is InChI=1S/C18H24N4OS/c1-14(18(23)21-12-16-5-4-10-24-16)22-9-7-15(13-22)11-20-17-6-2-3-8-19-17/h2-6,8,10,14-15H,7,9,11-13H2,1H3,(H,19,20)(H,21,23)/t14-,15-/m1/s1. The molecule has 1 saturated heterocycles. The van der Waals surface area contributed by atoms with E-state index >= 15 is 0 Å². The van der Waals surface area contributed by atoms with Crippen LogP contribution in [-0.2, 0) is 11.3 Å². The number of hydrogen-bond donors (Lipinski definition) is 2. The van der Waals surface area contributed by atoms with E-state index in [1.807, 2.05) is 42.6 Å². The molecule has 1 amide bonds. The molecule has 2 aromatic heterocycles. The lowest BCUT2D eigenvalue weighted by Crippen LogP contribution is -2.44. The van der Waals surface area contributed by atoms with Crippen molar-refractivity contribution in [2.45, 2.75) is 25.9 Å². The highest BCUT2D eigenvalue weighted by atomic mass is 32.1. The zero-order chi connectivity index (χ0) is 16.8. The molecule has 1 aliphatic heterocycles. The van der Waals surface area contributed by atoms with E-state index in [9.17, 15) is 4.79 Å². The minimum absolute atomic E-state index is 0.0789. The maximum atomic E-state index is 12.3. The summed E-state index contributed by atoms with van der Waals surface area (Å²) >= 11 is 1.67. The predicted octanol–water partition coefficient (Wildman–Crippen LogP) is 2.58. The van der Waals surface area contributed by atoms with Gasteiger partial charge in [0.25, 0.3) is 0 Å². The zero-order valence-electron chi connectivity index (χ0n) is 13.9. The summed E-state index contributed by atoms with van der Waals surface area (Å²) in [6, 6.07) is 9.85. The largest absolute Gasteiger partial charge is 0.370 e. The normalized spacial score (nSPS) is 19.1.